The molecule has 0 aliphatic heterocycles. The van der Waals surface area contributed by atoms with Crippen LogP contribution in [0, 0.1) is 0 Å². The first kappa shape index (κ1) is 13.2. The average molecular weight is 265 g/mol. The number of pyridine rings is 1. The second-order valence-electron chi connectivity index (χ2n) is 4.38. The van der Waals surface area contributed by atoms with Crippen LogP contribution >= 0.6 is 11.8 Å². The molecule has 0 aromatic carbocycles. The first-order chi connectivity index (χ1) is 8.78. The highest BCUT2D eigenvalue weighted by Crippen LogP contribution is 2.19. The Morgan fingerprint density at radius 2 is 2.33 bits per heavy atom. The number of rotatable bonds is 7. The highest BCUT2D eigenvalue weighted by atomic mass is 32.2. The lowest BCUT2D eigenvalue weighted by Gasteiger charge is -2.05. The third kappa shape index (κ3) is 4.56. The lowest BCUT2D eigenvalue weighted by molar-refractivity contribution is -0.118. The molecule has 0 saturated heterocycles. The average Bonchev–Trinajstić information content (AvgIpc) is 3.14. The minimum atomic E-state index is 0.144. The van der Waals surface area contributed by atoms with Gasteiger partial charge in [0.25, 0.3) is 0 Å². The number of hydrogen-bond acceptors (Lipinski definition) is 4. The molecule has 4 nitrogen and oxygen atoms in total. The Balaban J connectivity index is 1.71. The molecule has 98 valence electrons. The molecule has 1 amide bonds. The molecule has 1 aromatic rings. The van der Waals surface area contributed by atoms with Gasteiger partial charge >= 0.3 is 0 Å². The minimum absolute atomic E-state index is 0.144. The summed E-state index contributed by atoms with van der Waals surface area (Å²) in [7, 11) is 0. The first-order valence-electron chi connectivity index (χ1n) is 6.35. The second kappa shape index (κ2) is 6.64. The Hall–Kier alpha value is -1.23. The largest absolute Gasteiger partial charge is 0.370 e. The first-order valence-corrected chi connectivity index (χ1v) is 7.50. The van der Waals surface area contributed by atoms with E-state index in [0.29, 0.717) is 11.8 Å². The van der Waals surface area contributed by atoms with Gasteiger partial charge in [0.05, 0.1) is 11.4 Å². The van der Waals surface area contributed by atoms with Crippen molar-refractivity contribution in [1.29, 1.82) is 0 Å². The number of hydrogen-bond donors (Lipinski definition) is 2. The van der Waals surface area contributed by atoms with Crippen LogP contribution < -0.4 is 10.6 Å². The van der Waals surface area contributed by atoms with Crippen LogP contribution in [0.25, 0.3) is 0 Å². The number of amides is 1. The Morgan fingerprint density at radius 3 is 3.06 bits per heavy atom. The number of nitrogens with one attached hydrogen (secondary N) is 2. The maximum Gasteiger partial charge on any atom is 0.230 e. The van der Waals surface area contributed by atoms with E-state index in [4.69, 9.17) is 0 Å². The zero-order valence-corrected chi connectivity index (χ0v) is 11.4. The SMILES string of the molecule is CCNc1cccc(CSCC(=O)NC2CC2)n1. The number of nitrogens with zero attached hydrogens (tertiary/aromatic N) is 1. The monoisotopic (exact) mass is 265 g/mol. The molecule has 1 aliphatic carbocycles. The zero-order valence-electron chi connectivity index (χ0n) is 10.6. The van der Waals surface area contributed by atoms with E-state index in [1.807, 2.05) is 25.1 Å². The van der Waals surface area contributed by atoms with E-state index in [1.54, 1.807) is 11.8 Å². The fourth-order valence-corrected chi connectivity index (χ4v) is 2.33. The quantitative estimate of drug-likeness (QED) is 0.792. The van der Waals surface area contributed by atoms with Crippen molar-refractivity contribution >= 4 is 23.5 Å². The predicted molar refractivity (Wildman–Crippen MR) is 75.7 cm³/mol. The standard InChI is InChI=1S/C13H19N3OS/c1-2-14-12-5-3-4-11(15-12)8-18-9-13(17)16-10-6-7-10/h3-5,10H,2,6-9H2,1H3,(H,14,15)(H,16,17). The van der Waals surface area contributed by atoms with Crippen molar-refractivity contribution in [1.82, 2.24) is 10.3 Å². The summed E-state index contributed by atoms with van der Waals surface area (Å²) in [4.78, 5) is 16.0. The Morgan fingerprint density at radius 1 is 1.50 bits per heavy atom. The van der Waals surface area contributed by atoms with E-state index < -0.39 is 0 Å². The fraction of sp³-hybridized carbons (Fsp3) is 0.538. The molecule has 0 unspecified atom stereocenters. The van der Waals surface area contributed by atoms with Crippen LogP contribution in [0.4, 0.5) is 5.82 Å². The van der Waals surface area contributed by atoms with Gasteiger partial charge in [-0.3, -0.25) is 4.79 Å². The van der Waals surface area contributed by atoms with E-state index in [9.17, 15) is 4.79 Å². The Labute approximate surface area is 112 Å². The number of aromatic nitrogens is 1. The van der Waals surface area contributed by atoms with Crippen molar-refractivity contribution < 1.29 is 4.79 Å². The highest BCUT2D eigenvalue weighted by molar-refractivity contribution is 7.99. The van der Waals surface area contributed by atoms with Gasteiger partial charge in [0.2, 0.25) is 5.91 Å². The minimum Gasteiger partial charge on any atom is -0.370 e. The second-order valence-corrected chi connectivity index (χ2v) is 5.36. The number of thioether (sulfide) groups is 1. The molecule has 1 fully saturated rings. The zero-order chi connectivity index (χ0) is 12.8. The summed E-state index contributed by atoms with van der Waals surface area (Å²) in [5.74, 6) is 2.34. The Bertz CT molecular complexity index is 407. The van der Waals surface area contributed by atoms with Crippen molar-refractivity contribution in [3.8, 4) is 0 Å². The molecule has 2 N–H and O–H groups in total. The van der Waals surface area contributed by atoms with Crippen molar-refractivity contribution in [2.24, 2.45) is 0 Å². The molecule has 0 spiro atoms. The summed E-state index contributed by atoms with van der Waals surface area (Å²) < 4.78 is 0. The number of carbonyl (C=O) groups is 1. The third-order valence-corrected chi connectivity index (χ3v) is 3.56. The molecular formula is C13H19N3OS. The normalized spacial score (nSPS) is 14.3. The van der Waals surface area contributed by atoms with Gasteiger partial charge < -0.3 is 10.6 Å². The molecular weight excluding hydrogens is 246 g/mol. The summed E-state index contributed by atoms with van der Waals surface area (Å²) in [6.45, 7) is 2.92. The summed E-state index contributed by atoms with van der Waals surface area (Å²) in [6.07, 6.45) is 2.28. The van der Waals surface area contributed by atoms with Gasteiger partial charge in [-0.25, -0.2) is 4.98 Å². The fourth-order valence-electron chi connectivity index (χ4n) is 1.58. The van der Waals surface area contributed by atoms with E-state index >= 15 is 0 Å². The summed E-state index contributed by atoms with van der Waals surface area (Å²) in [6, 6.07) is 6.39. The van der Waals surface area contributed by atoms with Gasteiger partial charge in [0.1, 0.15) is 5.82 Å². The van der Waals surface area contributed by atoms with Crippen LogP contribution in [0.15, 0.2) is 18.2 Å². The smallest absolute Gasteiger partial charge is 0.230 e. The van der Waals surface area contributed by atoms with Gasteiger partial charge in [-0.15, -0.1) is 11.8 Å². The topological polar surface area (TPSA) is 54.0 Å². The maximum absolute atomic E-state index is 11.5. The van der Waals surface area contributed by atoms with E-state index in [1.165, 1.54) is 0 Å². The molecule has 0 bridgehead atoms. The number of anilines is 1. The summed E-state index contributed by atoms with van der Waals surface area (Å²) in [5.41, 5.74) is 1.01. The molecule has 0 atom stereocenters. The van der Waals surface area contributed by atoms with Crippen LogP contribution in [-0.4, -0.2) is 29.2 Å². The summed E-state index contributed by atoms with van der Waals surface area (Å²) in [5, 5.41) is 6.16. The van der Waals surface area contributed by atoms with Crippen molar-refractivity contribution in [2.75, 3.05) is 17.6 Å². The lowest BCUT2D eigenvalue weighted by atomic mass is 10.4. The van der Waals surface area contributed by atoms with E-state index in [-0.39, 0.29) is 5.91 Å². The molecule has 1 aromatic heterocycles. The molecule has 1 saturated carbocycles. The highest BCUT2D eigenvalue weighted by Gasteiger charge is 2.22. The molecule has 2 rings (SSSR count). The maximum atomic E-state index is 11.5. The van der Waals surface area contributed by atoms with Crippen LogP contribution in [-0.2, 0) is 10.5 Å². The van der Waals surface area contributed by atoms with Gasteiger partial charge in [0.15, 0.2) is 0 Å². The lowest BCUT2D eigenvalue weighted by Crippen LogP contribution is -2.27. The molecule has 1 aliphatic rings. The van der Waals surface area contributed by atoms with Crippen molar-refractivity contribution in [2.45, 2.75) is 31.6 Å². The van der Waals surface area contributed by atoms with Crippen LogP contribution in [0.5, 0.6) is 0 Å². The van der Waals surface area contributed by atoms with Gasteiger partial charge in [0, 0.05) is 18.3 Å². The van der Waals surface area contributed by atoms with Gasteiger partial charge in [-0.1, -0.05) is 6.07 Å². The van der Waals surface area contributed by atoms with Gasteiger partial charge in [-0.05, 0) is 31.9 Å². The summed E-state index contributed by atoms with van der Waals surface area (Å²) >= 11 is 1.61. The van der Waals surface area contributed by atoms with Crippen LogP contribution in [0.3, 0.4) is 0 Å². The number of carbonyl (C=O) groups excluding carboxylic acids is 1. The van der Waals surface area contributed by atoms with Crippen molar-refractivity contribution in [3.63, 3.8) is 0 Å². The third-order valence-electron chi connectivity index (χ3n) is 2.59. The van der Waals surface area contributed by atoms with E-state index in [2.05, 4.69) is 15.6 Å². The molecule has 1 heterocycles. The van der Waals surface area contributed by atoms with Gasteiger partial charge in [-0.2, -0.15) is 0 Å². The van der Waals surface area contributed by atoms with Crippen LogP contribution in [0.1, 0.15) is 25.5 Å². The van der Waals surface area contributed by atoms with E-state index in [0.717, 1.165) is 36.7 Å². The molecule has 18 heavy (non-hydrogen) atoms. The predicted octanol–water partition coefficient (Wildman–Crippen LogP) is 2.03. The molecule has 5 heteroatoms. The van der Waals surface area contributed by atoms with Crippen molar-refractivity contribution in [3.05, 3.63) is 23.9 Å². The Kier molecular flexibility index (Phi) is 4.87. The molecule has 0 radical (unpaired) electrons. The van der Waals surface area contributed by atoms with Crippen LogP contribution in [0.2, 0.25) is 0 Å².